The Hall–Kier alpha value is -2.54. The first-order valence-corrected chi connectivity index (χ1v) is 12.8. The Morgan fingerprint density at radius 3 is 2.31 bits per heavy atom. The fourth-order valence-corrected chi connectivity index (χ4v) is 4.52. The minimum Gasteiger partial charge on any atom is -0.483 e. The van der Waals surface area contributed by atoms with Crippen LogP contribution in [0.1, 0.15) is 23.6 Å². The summed E-state index contributed by atoms with van der Waals surface area (Å²) >= 11 is 15.8. The SMILES string of the molecule is CCc1ccc(OCC(=O)N(Cc2ccc(Cl)c(Cl)c2)[C@H](Cc2ccccc2)C(=O)NC)c(Br)c1. The molecule has 2 amide bonds. The second kappa shape index (κ2) is 13.0. The lowest BCUT2D eigenvalue weighted by molar-refractivity contribution is -0.142. The van der Waals surface area contributed by atoms with Gasteiger partial charge in [-0.3, -0.25) is 9.59 Å². The van der Waals surface area contributed by atoms with E-state index in [4.69, 9.17) is 27.9 Å². The van der Waals surface area contributed by atoms with Gasteiger partial charge in [0.05, 0.1) is 14.5 Å². The third-order valence-corrected chi connectivity index (χ3v) is 6.97. The number of rotatable bonds is 10. The summed E-state index contributed by atoms with van der Waals surface area (Å²) in [7, 11) is 1.56. The Morgan fingerprint density at radius 2 is 1.69 bits per heavy atom. The molecule has 1 atom stereocenters. The number of nitrogens with one attached hydrogen (secondary N) is 1. The molecule has 0 radical (unpaired) electrons. The molecule has 0 bridgehead atoms. The Balaban J connectivity index is 1.89. The van der Waals surface area contributed by atoms with E-state index < -0.39 is 6.04 Å². The first kappa shape index (κ1) is 27.1. The fourth-order valence-electron chi connectivity index (χ4n) is 3.66. The number of halogens is 3. The highest BCUT2D eigenvalue weighted by Gasteiger charge is 2.30. The Kier molecular flexibility index (Phi) is 10.0. The van der Waals surface area contributed by atoms with E-state index in [1.54, 1.807) is 25.2 Å². The molecule has 0 aliphatic carbocycles. The average molecular weight is 578 g/mol. The molecule has 0 aromatic heterocycles. The van der Waals surface area contributed by atoms with Crippen LogP contribution < -0.4 is 10.1 Å². The van der Waals surface area contributed by atoms with Crippen molar-refractivity contribution in [2.24, 2.45) is 0 Å². The summed E-state index contributed by atoms with van der Waals surface area (Å²) < 4.78 is 6.63. The number of aryl methyl sites for hydroxylation is 1. The normalized spacial score (nSPS) is 11.6. The molecule has 8 heteroatoms. The predicted octanol–water partition coefficient (Wildman–Crippen LogP) is 6.08. The molecule has 184 valence electrons. The maximum Gasteiger partial charge on any atom is 0.261 e. The van der Waals surface area contributed by atoms with Gasteiger partial charge in [0, 0.05) is 20.0 Å². The summed E-state index contributed by atoms with van der Waals surface area (Å²) in [6.07, 6.45) is 1.24. The molecule has 0 saturated carbocycles. The van der Waals surface area contributed by atoms with E-state index in [0.717, 1.165) is 27.6 Å². The van der Waals surface area contributed by atoms with Crippen LogP contribution in [0.3, 0.4) is 0 Å². The van der Waals surface area contributed by atoms with Gasteiger partial charge in [-0.05, 0) is 63.3 Å². The molecule has 3 rings (SSSR count). The van der Waals surface area contributed by atoms with Crippen molar-refractivity contribution in [3.63, 3.8) is 0 Å². The average Bonchev–Trinajstić information content (AvgIpc) is 2.87. The van der Waals surface area contributed by atoms with Crippen molar-refractivity contribution in [2.45, 2.75) is 32.4 Å². The van der Waals surface area contributed by atoms with Crippen molar-refractivity contribution in [3.05, 3.63) is 97.9 Å². The zero-order valence-electron chi connectivity index (χ0n) is 19.6. The number of hydrogen-bond donors (Lipinski definition) is 1. The zero-order valence-corrected chi connectivity index (χ0v) is 22.7. The largest absolute Gasteiger partial charge is 0.483 e. The topological polar surface area (TPSA) is 58.6 Å². The smallest absolute Gasteiger partial charge is 0.261 e. The molecule has 0 fully saturated rings. The van der Waals surface area contributed by atoms with Gasteiger partial charge in [0.25, 0.3) is 5.91 Å². The lowest BCUT2D eigenvalue weighted by Crippen LogP contribution is -2.51. The van der Waals surface area contributed by atoms with Crippen LogP contribution in [-0.4, -0.2) is 36.4 Å². The molecule has 3 aromatic carbocycles. The Bertz CT molecular complexity index is 1170. The predicted molar refractivity (Wildman–Crippen MR) is 144 cm³/mol. The number of nitrogens with zero attached hydrogens (tertiary/aromatic N) is 1. The number of benzene rings is 3. The van der Waals surface area contributed by atoms with Crippen molar-refractivity contribution in [1.82, 2.24) is 10.2 Å². The molecule has 0 aliphatic heterocycles. The van der Waals surface area contributed by atoms with E-state index in [2.05, 4.69) is 28.2 Å². The highest BCUT2D eigenvalue weighted by molar-refractivity contribution is 9.10. The summed E-state index contributed by atoms with van der Waals surface area (Å²) in [6, 6.07) is 19.8. The Labute approximate surface area is 224 Å². The van der Waals surface area contributed by atoms with Gasteiger partial charge in [-0.2, -0.15) is 0 Å². The van der Waals surface area contributed by atoms with Crippen molar-refractivity contribution < 1.29 is 14.3 Å². The zero-order chi connectivity index (χ0) is 25.4. The first-order chi connectivity index (χ1) is 16.8. The maximum atomic E-state index is 13.5. The number of amides is 2. The molecule has 0 spiro atoms. The van der Waals surface area contributed by atoms with Gasteiger partial charge >= 0.3 is 0 Å². The minimum absolute atomic E-state index is 0.167. The van der Waals surface area contributed by atoms with Crippen LogP contribution in [0, 0.1) is 0 Å². The van der Waals surface area contributed by atoms with E-state index >= 15 is 0 Å². The molecule has 0 unspecified atom stereocenters. The lowest BCUT2D eigenvalue weighted by atomic mass is 10.0. The van der Waals surface area contributed by atoms with Gasteiger partial charge in [-0.1, -0.05) is 72.6 Å². The number of carbonyl (C=O) groups excluding carboxylic acids is 2. The fraction of sp³-hybridized carbons (Fsp3) is 0.259. The molecular weight excluding hydrogens is 551 g/mol. The molecule has 0 heterocycles. The van der Waals surface area contributed by atoms with E-state index in [1.807, 2.05) is 48.5 Å². The lowest BCUT2D eigenvalue weighted by Gasteiger charge is -2.31. The van der Waals surface area contributed by atoms with Crippen LogP contribution in [0.25, 0.3) is 0 Å². The second-order valence-corrected chi connectivity index (χ2v) is 9.67. The molecule has 0 aliphatic rings. The summed E-state index contributed by atoms with van der Waals surface area (Å²) in [4.78, 5) is 28.0. The molecule has 3 aromatic rings. The van der Waals surface area contributed by atoms with Crippen LogP contribution >= 0.6 is 39.1 Å². The van der Waals surface area contributed by atoms with Crippen molar-refractivity contribution >= 4 is 50.9 Å². The van der Waals surface area contributed by atoms with Crippen molar-refractivity contribution in [1.29, 1.82) is 0 Å². The number of ether oxygens (including phenoxy) is 1. The number of likely N-dealkylation sites (N-methyl/N-ethyl adjacent to an activating group) is 1. The third kappa shape index (κ3) is 7.47. The van der Waals surface area contributed by atoms with Gasteiger partial charge in [0.15, 0.2) is 6.61 Å². The van der Waals surface area contributed by atoms with Crippen LogP contribution in [0.4, 0.5) is 0 Å². The minimum atomic E-state index is -0.751. The number of carbonyl (C=O) groups is 2. The summed E-state index contributed by atoms with van der Waals surface area (Å²) in [6.45, 7) is 2.01. The summed E-state index contributed by atoms with van der Waals surface area (Å²) in [5.74, 6) is -0.0348. The van der Waals surface area contributed by atoms with Crippen LogP contribution in [0.15, 0.2) is 71.2 Å². The van der Waals surface area contributed by atoms with E-state index in [9.17, 15) is 9.59 Å². The molecule has 1 N–H and O–H groups in total. The van der Waals surface area contributed by atoms with Crippen molar-refractivity contribution in [3.8, 4) is 5.75 Å². The van der Waals surface area contributed by atoms with Crippen LogP contribution in [0.5, 0.6) is 5.75 Å². The third-order valence-electron chi connectivity index (χ3n) is 5.61. The standard InChI is InChI=1S/C27H27BrCl2N2O3/c1-3-18-10-12-25(21(28)13-18)35-17-26(33)32(16-20-9-11-22(29)23(30)14-20)24(27(34)31-2)15-19-7-5-4-6-8-19/h4-14,24H,3,15-17H2,1-2H3,(H,31,34)/t24-/m1/s1. The van der Waals surface area contributed by atoms with E-state index in [1.165, 1.54) is 4.90 Å². The molecule has 5 nitrogen and oxygen atoms in total. The van der Waals surface area contributed by atoms with E-state index in [0.29, 0.717) is 22.2 Å². The second-order valence-electron chi connectivity index (χ2n) is 8.00. The molecule has 35 heavy (non-hydrogen) atoms. The molecular formula is C27H27BrCl2N2O3. The highest BCUT2D eigenvalue weighted by atomic mass is 79.9. The summed E-state index contributed by atoms with van der Waals surface area (Å²) in [5.41, 5.74) is 2.84. The van der Waals surface area contributed by atoms with E-state index in [-0.39, 0.29) is 25.0 Å². The summed E-state index contributed by atoms with van der Waals surface area (Å²) in [5, 5.41) is 3.50. The van der Waals surface area contributed by atoms with Crippen molar-refractivity contribution in [2.75, 3.05) is 13.7 Å². The van der Waals surface area contributed by atoms with Crippen LogP contribution in [0.2, 0.25) is 10.0 Å². The van der Waals surface area contributed by atoms with Gasteiger partial charge in [-0.15, -0.1) is 0 Å². The van der Waals surface area contributed by atoms with Gasteiger partial charge in [0.2, 0.25) is 5.91 Å². The number of hydrogen-bond acceptors (Lipinski definition) is 3. The van der Waals surface area contributed by atoms with Gasteiger partial charge in [-0.25, -0.2) is 0 Å². The maximum absolute atomic E-state index is 13.5. The van der Waals surface area contributed by atoms with Crippen LogP contribution in [-0.2, 0) is 29.0 Å². The quantitative estimate of drug-likeness (QED) is 0.317. The molecule has 0 saturated heterocycles. The Morgan fingerprint density at radius 1 is 0.971 bits per heavy atom. The first-order valence-electron chi connectivity index (χ1n) is 11.2. The van der Waals surface area contributed by atoms with Gasteiger partial charge < -0.3 is 15.0 Å². The monoisotopic (exact) mass is 576 g/mol. The van der Waals surface area contributed by atoms with Gasteiger partial charge in [0.1, 0.15) is 11.8 Å². The highest BCUT2D eigenvalue weighted by Crippen LogP contribution is 2.27.